The lowest BCUT2D eigenvalue weighted by molar-refractivity contribution is 0.266. The van der Waals surface area contributed by atoms with Gasteiger partial charge in [0.15, 0.2) is 0 Å². The molecule has 2 aliphatic rings. The summed E-state index contributed by atoms with van der Waals surface area (Å²) in [6.45, 7) is 4.56. The zero-order valence-electron chi connectivity index (χ0n) is 9.71. The quantitative estimate of drug-likeness (QED) is 0.732. The van der Waals surface area contributed by atoms with E-state index in [9.17, 15) is 0 Å². The van der Waals surface area contributed by atoms with Crippen LogP contribution < -0.4 is 5.73 Å². The molecule has 82 valence electrons. The lowest BCUT2D eigenvalue weighted by atomic mass is 9.81. The molecule has 5 unspecified atom stereocenters. The van der Waals surface area contributed by atoms with E-state index in [2.05, 4.69) is 13.8 Å². The molecule has 0 heterocycles. The molecule has 0 saturated heterocycles. The summed E-state index contributed by atoms with van der Waals surface area (Å²) in [5.74, 6) is 3.83. The largest absolute Gasteiger partial charge is 0.327 e. The topological polar surface area (TPSA) is 26.0 Å². The SMILES string of the molecule is CCC(C)C(N)CC1CC2CCC1C2. The van der Waals surface area contributed by atoms with Gasteiger partial charge in [-0.05, 0) is 49.4 Å². The predicted octanol–water partition coefficient (Wildman–Crippen LogP) is 3.19. The van der Waals surface area contributed by atoms with E-state index < -0.39 is 0 Å². The van der Waals surface area contributed by atoms with Crippen molar-refractivity contribution in [3.05, 3.63) is 0 Å². The second-order valence-corrected chi connectivity index (χ2v) is 5.72. The number of hydrogen-bond acceptors (Lipinski definition) is 1. The van der Waals surface area contributed by atoms with Crippen LogP contribution >= 0.6 is 0 Å². The first kappa shape index (κ1) is 10.5. The lowest BCUT2D eigenvalue weighted by Gasteiger charge is -2.27. The lowest BCUT2D eigenvalue weighted by Crippen LogP contribution is -2.31. The molecule has 2 saturated carbocycles. The minimum absolute atomic E-state index is 0.462. The van der Waals surface area contributed by atoms with Crippen LogP contribution in [0.5, 0.6) is 0 Å². The highest BCUT2D eigenvalue weighted by atomic mass is 14.7. The van der Waals surface area contributed by atoms with Crippen molar-refractivity contribution >= 4 is 0 Å². The van der Waals surface area contributed by atoms with Gasteiger partial charge in [-0.3, -0.25) is 0 Å². The molecule has 2 fully saturated rings. The Morgan fingerprint density at radius 1 is 1.29 bits per heavy atom. The number of fused-ring (bicyclic) bond motifs is 2. The molecule has 14 heavy (non-hydrogen) atoms. The van der Waals surface area contributed by atoms with Crippen molar-refractivity contribution in [1.82, 2.24) is 0 Å². The highest BCUT2D eigenvalue weighted by molar-refractivity contribution is 4.91. The normalized spacial score (nSPS) is 40.1. The average Bonchev–Trinajstić information content (AvgIpc) is 2.77. The van der Waals surface area contributed by atoms with Gasteiger partial charge in [0.05, 0.1) is 0 Å². The zero-order valence-corrected chi connectivity index (χ0v) is 9.71. The second-order valence-electron chi connectivity index (χ2n) is 5.72. The van der Waals surface area contributed by atoms with Gasteiger partial charge in [0, 0.05) is 6.04 Å². The summed E-state index contributed by atoms with van der Waals surface area (Å²) in [5.41, 5.74) is 6.24. The molecule has 2 rings (SSSR count). The van der Waals surface area contributed by atoms with Crippen molar-refractivity contribution < 1.29 is 0 Å². The molecule has 0 spiro atoms. The summed E-state index contributed by atoms with van der Waals surface area (Å²) in [4.78, 5) is 0. The highest BCUT2D eigenvalue weighted by Crippen LogP contribution is 2.50. The first-order valence-corrected chi connectivity index (χ1v) is 6.46. The Bertz CT molecular complexity index is 190. The molecule has 0 aromatic heterocycles. The molecule has 0 aromatic carbocycles. The van der Waals surface area contributed by atoms with E-state index in [-0.39, 0.29) is 0 Å². The Labute approximate surface area is 88.4 Å². The molecule has 0 aliphatic heterocycles. The van der Waals surface area contributed by atoms with Crippen LogP contribution in [-0.4, -0.2) is 6.04 Å². The van der Waals surface area contributed by atoms with Crippen molar-refractivity contribution in [2.24, 2.45) is 29.4 Å². The summed E-state index contributed by atoms with van der Waals surface area (Å²) in [6, 6.07) is 0.462. The van der Waals surface area contributed by atoms with E-state index in [1.807, 2.05) is 0 Å². The Hall–Kier alpha value is -0.0400. The van der Waals surface area contributed by atoms with Crippen molar-refractivity contribution in [2.75, 3.05) is 0 Å². The highest BCUT2D eigenvalue weighted by Gasteiger charge is 2.39. The summed E-state index contributed by atoms with van der Waals surface area (Å²) in [7, 11) is 0. The fourth-order valence-corrected chi connectivity index (χ4v) is 3.55. The van der Waals surface area contributed by atoms with Crippen LogP contribution in [0.3, 0.4) is 0 Å². The van der Waals surface area contributed by atoms with Gasteiger partial charge in [-0.2, -0.15) is 0 Å². The molecule has 1 nitrogen and oxygen atoms in total. The minimum Gasteiger partial charge on any atom is -0.327 e. The van der Waals surface area contributed by atoms with Crippen molar-refractivity contribution in [1.29, 1.82) is 0 Å². The van der Waals surface area contributed by atoms with Crippen LogP contribution in [0.2, 0.25) is 0 Å². The molecule has 0 amide bonds. The maximum Gasteiger partial charge on any atom is 0.00671 e. The smallest absolute Gasteiger partial charge is 0.00671 e. The van der Waals surface area contributed by atoms with Gasteiger partial charge in [-0.1, -0.05) is 26.7 Å². The maximum atomic E-state index is 6.24. The fourth-order valence-electron chi connectivity index (χ4n) is 3.55. The van der Waals surface area contributed by atoms with Crippen LogP contribution in [0.4, 0.5) is 0 Å². The van der Waals surface area contributed by atoms with Gasteiger partial charge < -0.3 is 5.73 Å². The van der Waals surface area contributed by atoms with E-state index in [1.165, 1.54) is 38.5 Å². The number of nitrogens with two attached hydrogens (primary N) is 1. The molecular weight excluding hydrogens is 170 g/mol. The molecule has 1 heteroatoms. The van der Waals surface area contributed by atoms with Gasteiger partial charge in [0.2, 0.25) is 0 Å². The first-order chi connectivity index (χ1) is 6.70. The van der Waals surface area contributed by atoms with Crippen molar-refractivity contribution in [3.63, 3.8) is 0 Å². The number of rotatable bonds is 4. The Kier molecular flexibility index (Phi) is 3.16. The molecule has 2 bridgehead atoms. The van der Waals surface area contributed by atoms with Crippen LogP contribution in [0.1, 0.15) is 52.4 Å². The monoisotopic (exact) mass is 195 g/mol. The second kappa shape index (κ2) is 4.22. The fraction of sp³-hybridized carbons (Fsp3) is 1.00. The van der Waals surface area contributed by atoms with Crippen LogP contribution in [0.15, 0.2) is 0 Å². The molecule has 5 atom stereocenters. The molecule has 0 radical (unpaired) electrons. The summed E-state index contributed by atoms with van der Waals surface area (Å²) in [6.07, 6.45) is 8.58. The molecule has 2 N–H and O–H groups in total. The number of hydrogen-bond donors (Lipinski definition) is 1. The first-order valence-electron chi connectivity index (χ1n) is 6.46. The van der Waals surface area contributed by atoms with Crippen molar-refractivity contribution in [3.8, 4) is 0 Å². The third-order valence-corrected chi connectivity index (χ3v) is 4.83. The summed E-state index contributed by atoms with van der Waals surface area (Å²) >= 11 is 0. The van der Waals surface area contributed by atoms with E-state index >= 15 is 0 Å². The Morgan fingerprint density at radius 2 is 2.07 bits per heavy atom. The van der Waals surface area contributed by atoms with Gasteiger partial charge in [0.25, 0.3) is 0 Å². The van der Waals surface area contributed by atoms with E-state index in [0.717, 1.165) is 17.8 Å². The minimum atomic E-state index is 0.462. The van der Waals surface area contributed by atoms with Gasteiger partial charge in [-0.15, -0.1) is 0 Å². The van der Waals surface area contributed by atoms with Crippen LogP contribution in [0.25, 0.3) is 0 Å². The van der Waals surface area contributed by atoms with Crippen LogP contribution in [-0.2, 0) is 0 Å². The van der Waals surface area contributed by atoms with E-state index in [0.29, 0.717) is 12.0 Å². The molecular formula is C13H25N. The predicted molar refractivity (Wildman–Crippen MR) is 61.0 cm³/mol. The van der Waals surface area contributed by atoms with Crippen molar-refractivity contribution in [2.45, 2.75) is 58.4 Å². The van der Waals surface area contributed by atoms with Crippen LogP contribution in [0, 0.1) is 23.7 Å². The average molecular weight is 195 g/mol. The summed E-state index contributed by atoms with van der Waals surface area (Å²) < 4.78 is 0. The Balaban J connectivity index is 1.80. The summed E-state index contributed by atoms with van der Waals surface area (Å²) in [5, 5.41) is 0. The molecule has 0 aromatic rings. The third kappa shape index (κ3) is 1.98. The van der Waals surface area contributed by atoms with Gasteiger partial charge >= 0.3 is 0 Å². The molecule has 2 aliphatic carbocycles. The third-order valence-electron chi connectivity index (χ3n) is 4.83. The van der Waals surface area contributed by atoms with E-state index in [4.69, 9.17) is 5.73 Å². The van der Waals surface area contributed by atoms with Gasteiger partial charge in [-0.25, -0.2) is 0 Å². The van der Waals surface area contributed by atoms with E-state index in [1.54, 1.807) is 0 Å². The Morgan fingerprint density at radius 3 is 2.57 bits per heavy atom. The van der Waals surface area contributed by atoms with Gasteiger partial charge in [0.1, 0.15) is 0 Å². The zero-order chi connectivity index (χ0) is 10.1. The maximum absolute atomic E-state index is 6.24. The standard InChI is InChI=1S/C13H25N/c1-3-9(2)13(14)8-12-7-10-4-5-11(12)6-10/h9-13H,3-8,14H2,1-2H3.